The molecule has 2 aromatic rings. The smallest absolute Gasteiger partial charge is 0.412 e. The number of benzene rings is 1. The van der Waals surface area contributed by atoms with Crippen LogP contribution in [0.5, 0.6) is 0 Å². The van der Waals surface area contributed by atoms with E-state index in [-0.39, 0.29) is 17.1 Å². The molecule has 1 unspecified atom stereocenters. The van der Waals surface area contributed by atoms with E-state index in [1.54, 1.807) is 30.3 Å². The number of hydrogen-bond acceptors (Lipinski definition) is 3. The zero-order valence-electron chi connectivity index (χ0n) is 11.3. The minimum atomic E-state index is -1.32. The van der Waals surface area contributed by atoms with Crippen LogP contribution in [-0.2, 0) is 4.79 Å². The minimum Gasteiger partial charge on any atom is -0.465 e. The summed E-state index contributed by atoms with van der Waals surface area (Å²) in [7, 11) is 0. The monoisotopic (exact) mass is 322 g/mol. The van der Waals surface area contributed by atoms with E-state index in [9.17, 15) is 19.1 Å². The average molecular weight is 323 g/mol. The molecular weight excluding hydrogens is 311 g/mol. The fourth-order valence-corrected chi connectivity index (χ4v) is 2.26. The lowest BCUT2D eigenvalue weighted by atomic mass is 10.1. The average Bonchev–Trinajstić information content (AvgIpc) is 2.50. The number of nitrogens with zero attached hydrogens (tertiary/aromatic N) is 2. The van der Waals surface area contributed by atoms with Gasteiger partial charge in [0.25, 0.3) is 0 Å². The van der Waals surface area contributed by atoms with Crippen molar-refractivity contribution in [1.82, 2.24) is 4.98 Å². The number of hydrogen-bond donors (Lipinski definition) is 1. The number of para-hydroxylation sites is 1. The van der Waals surface area contributed by atoms with Crippen LogP contribution in [0, 0.1) is 5.82 Å². The number of carboxylic acid groups (broad SMARTS) is 1. The van der Waals surface area contributed by atoms with Crippen molar-refractivity contribution in [2.75, 3.05) is 4.90 Å². The molecule has 0 radical (unpaired) electrons. The van der Waals surface area contributed by atoms with Gasteiger partial charge in [-0.1, -0.05) is 29.8 Å². The Balaban J connectivity index is 2.55. The molecule has 0 bridgehead atoms. The van der Waals surface area contributed by atoms with Gasteiger partial charge >= 0.3 is 6.09 Å². The molecule has 0 aliphatic rings. The summed E-state index contributed by atoms with van der Waals surface area (Å²) in [6.07, 6.45) is 0.222. The number of rotatable bonds is 5. The third-order valence-electron chi connectivity index (χ3n) is 3.06. The molecule has 1 heterocycles. The van der Waals surface area contributed by atoms with Crippen molar-refractivity contribution < 1.29 is 19.1 Å². The van der Waals surface area contributed by atoms with Crippen LogP contribution in [0.3, 0.4) is 0 Å². The SMILES string of the molecule is O=CCC(c1nccc(Cl)c1F)N(C(=O)O)c1ccccc1. The quantitative estimate of drug-likeness (QED) is 0.852. The predicted molar refractivity (Wildman–Crippen MR) is 79.6 cm³/mol. The Labute approximate surface area is 131 Å². The lowest BCUT2D eigenvalue weighted by Gasteiger charge is -2.28. The Morgan fingerprint density at radius 2 is 2.05 bits per heavy atom. The van der Waals surface area contributed by atoms with Gasteiger partial charge in [-0.05, 0) is 18.2 Å². The minimum absolute atomic E-state index is 0.181. The van der Waals surface area contributed by atoms with Gasteiger partial charge in [-0.15, -0.1) is 0 Å². The van der Waals surface area contributed by atoms with Crippen molar-refractivity contribution >= 4 is 29.7 Å². The largest absolute Gasteiger partial charge is 0.465 e. The third kappa shape index (κ3) is 3.23. The summed E-state index contributed by atoms with van der Waals surface area (Å²) in [5.41, 5.74) is 0.119. The highest BCUT2D eigenvalue weighted by Gasteiger charge is 2.30. The fourth-order valence-electron chi connectivity index (χ4n) is 2.11. The molecule has 0 aliphatic carbocycles. The number of pyridine rings is 1. The van der Waals surface area contributed by atoms with Crippen LogP contribution >= 0.6 is 11.6 Å². The summed E-state index contributed by atoms with van der Waals surface area (Å²) in [6.45, 7) is 0. The number of carbonyl (C=O) groups excluding carboxylic acids is 1. The van der Waals surface area contributed by atoms with Crippen LogP contribution in [0.4, 0.5) is 14.9 Å². The molecule has 0 saturated carbocycles. The molecule has 0 fully saturated rings. The zero-order valence-corrected chi connectivity index (χ0v) is 12.1. The van der Waals surface area contributed by atoms with Crippen molar-refractivity contribution in [3.05, 3.63) is 59.1 Å². The lowest BCUT2D eigenvalue weighted by Crippen LogP contribution is -2.35. The highest BCUT2D eigenvalue weighted by Crippen LogP contribution is 2.31. The number of amides is 1. The Morgan fingerprint density at radius 3 is 2.64 bits per heavy atom. The van der Waals surface area contributed by atoms with Gasteiger partial charge in [0.2, 0.25) is 0 Å². The van der Waals surface area contributed by atoms with Gasteiger partial charge < -0.3 is 9.90 Å². The van der Waals surface area contributed by atoms with Crippen LogP contribution < -0.4 is 4.90 Å². The Kier molecular flexibility index (Phi) is 5.06. The van der Waals surface area contributed by atoms with E-state index in [0.29, 0.717) is 12.0 Å². The molecule has 1 aromatic heterocycles. The topological polar surface area (TPSA) is 70.5 Å². The van der Waals surface area contributed by atoms with Crippen molar-refractivity contribution in [3.8, 4) is 0 Å². The third-order valence-corrected chi connectivity index (χ3v) is 3.35. The molecule has 114 valence electrons. The molecule has 5 nitrogen and oxygen atoms in total. The summed E-state index contributed by atoms with van der Waals surface area (Å²) in [5, 5.41) is 9.29. The summed E-state index contributed by atoms with van der Waals surface area (Å²) in [6, 6.07) is 8.26. The molecule has 0 aliphatic heterocycles. The maximum absolute atomic E-state index is 14.2. The second-order valence-electron chi connectivity index (χ2n) is 4.40. The van der Waals surface area contributed by atoms with Crippen molar-refractivity contribution in [2.45, 2.75) is 12.5 Å². The van der Waals surface area contributed by atoms with Crippen LogP contribution in [-0.4, -0.2) is 22.5 Å². The van der Waals surface area contributed by atoms with Gasteiger partial charge in [-0.3, -0.25) is 9.88 Å². The van der Waals surface area contributed by atoms with Gasteiger partial charge in [-0.25, -0.2) is 9.18 Å². The maximum atomic E-state index is 14.2. The molecule has 2 rings (SSSR count). The summed E-state index contributed by atoms with van der Waals surface area (Å²) in [4.78, 5) is 27.3. The summed E-state index contributed by atoms with van der Waals surface area (Å²) >= 11 is 5.72. The number of aldehydes is 1. The van der Waals surface area contributed by atoms with Gasteiger partial charge in [0.15, 0.2) is 5.82 Å². The van der Waals surface area contributed by atoms with Gasteiger partial charge in [0, 0.05) is 18.3 Å². The molecule has 22 heavy (non-hydrogen) atoms. The molecule has 0 spiro atoms. The summed E-state index contributed by atoms with van der Waals surface area (Å²) < 4.78 is 14.2. The Morgan fingerprint density at radius 1 is 1.36 bits per heavy atom. The standard InChI is InChI=1S/C15H12ClFN2O3/c16-11-6-8-18-14(13(11)17)12(7-9-20)19(15(21)22)10-4-2-1-3-5-10/h1-6,8-9,12H,7H2,(H,21,22). The Bertz CT molecular complexity index is 682. The molecule has 7 heteroatoms. The van der Waals surface area contributed by atoms with E-state index in [4.69, 9.17) is 11.6 Å². The maximum Gasteiger partial charge on any atom is 0.412 e. The Hall–Kier alpha value is -2.47. The first-order valence-corrected chi connectivity index (χ1v) is 6.74. The number of halogens is 2. The van der Waals surface area contributed by atoms with Gasteiger partial charge in [0.05, 0.1) is 11.1 Å². The second-order valence-corrected chi connectivity index (χ2v) is 4.81. The van der Waals surface area contributed by atoms with E-state index in [1.807, 2.05) is 0 Å². The number of carbonyl (C=O) groups is 2. The van der Waals surface area contributed by atoms with Crippen LogP contribution in [0.2, 0.25) is 5.02 Å². The van der Waals surface area contributed by atoms with E-state index in [1.165, 1.54) is 12.3 Å². The van der Waals surface area contributed by atoms with Crippen LogP contribution in [0.25, 0.3) is 0 Å². The first-order chi connectivity index (χ1) is 10.6. The first-order valence-electron chi connectivity index (χ1n) is 6.37. The van der Waals surface area contributed by atoms with E-state index >= 15 is 0 Å². The molecule has 0 saturated heterocycles. The number of anilines is 1. The van der Waals surface area contributed by atoms with Gasteiger partial charge in [0.1, 0.15) is 12.0 Å². The molecule has 1 amide bonds. The van der Waals surface area contributed by atoms with Crippen molar-refractivity contribution in [1.29, 1.82) is 0 Å². The van der Waals surface area contributed by atoms with E-state index in [0.717, 1.165) is 4.90 Å². The highest BCUT2D eigenvalue weighted by molar-refractivity contribution is 6.30. The van der Waals surface area contributed by atoms with Crippen molar-refractivity contribution in [3.63, 3.8) is 0 Å². The van der Waals surface area contributed by atoms with Crippen LogP contribution in [0.15, 0.2) is 42.6 Å². The van der Waals surface area contributed by atoms with E-state index in [2.05, 4.69) is 4.98 Å². The zero-order chi connectivity index (χ0) is 16.1. The predicted octanol–water partition coefficient (Wildman–Crippen LogP) is 3.69. The normalized spacial score (nSPS) is 11.7. The molecule has 1 aromatic carbocycles. The highest BCUT2D eigenvalue weighted by atomic mass is 35.5. The van der Waals surface area contributed by atoms with E-state index < -0.39 is 18.0 Å². The summed E-state index contributed by atoms with van der Waals surface area (Å²) in [5.74, 6) is -0.835. The molecule has 1 N–H and O–H groups in total. The fraction of sp³-hybridized carbons (Fsp3) is 0.133. The second kappa shape index (κ2) is 7.00. The molecule has 1 atom stereocenters. The molecular formula is C15H12ClFN2O3. The van der Waals surface area contributed by atoms with Crippen LogP contribution in [0.1, 0.15) is 18.2 Å². The van der Waals surface area contributed by atoms with Crippen molar-refractivity contribution in [2.24, 2.45) is 0 Å². The van der Waals surface area contributed by atoms with Gasteiger partial charge in [-0.2, -0.15) is 0 Å². The number of aromatic nitrogens is 1. The lowest BCUT2D eigenvalue weighted by molar-refractivity contribution is -0.108. The first kappa shape index (κ1) is 15.9.